The monoisotopic (exact) mass is 291 g/mol. The molecule has 21 heavy (non-hydrogen) atoms. The third kappa shape index (κ3) is 3.91. The number of nitrogens with zero attached hydrogens (tertiary/aromatic N) is 4. The minimum absolute atomic E-state index is 0.194. The van der Waals surface area contributed by atoms with E-state index in [1.165, 1.54) is 17.1 Å². The summed E-state index contributed by atoms with van der Waals surface area (Å²) in [5, 5.41) is 16.1. The Bertz CT molecular complexity index is 613. The zero-order chi connectivity index (χ0) is 15.2. The molecule has 112 valence electrons. The maximum Gasteiger partial charge on any atom is 0.331 e. The summed E-state index contributed by atoms with van der Waals surface area (Å²) in [4.78, 5) is 19.5. The Morgan fingerprint density at radius 2 is 2.38 bits per heavy atom. The summed E-state index contributed by atoms with van der Waals surface area (Å²) >= 11 is 0. The predicted molar refractivity (Wildman–Crippen MR) is 75.0 cm³/mol. The third-order valence-corrected chi connectivity index (χ3v) is 2.66. The second kappa shape index (κ2) is 6.69. The van der Waals surface area contributed by atoms with Gasteiger partial charge in [-0.2, -0.15) is 10.1 Å². The second-order valence-corrected chi connectivity index (χ2v) is 4.43. The van der Waals surface area contributed by atoms with E-state index in [1.807, 2.05) is 6.92 Å². The Morgan fingerprint density at radius 3 is 3.00 bits per heavy atom. The third-order valence-electron chi connectivity index (χ3n) is 2.66. The molecule has 2 aromatic heterocycles. The molecule has 0 aliphatic heterocycles. The molecule has 0 saturated carbocycles. The second-order valence-electron chi connectivity index (χ2n) is 4.43. The molecular formula is C13H17N5O3. The zero-order valence-electron chi connectivity index (χ0n) is 11.9. The molecule has 8 heteroatoms. The predicted octanol–water partition coefficient (Wildman–Crippen LogP) is 1.24. The van der Waals surface area contributed by atoms with Gasteiger partial charge in [-0.3, -0.25) is 4.68 Å². The van der Waals surface area contributed by atoms with E-state index in [1.54, 1.807) is 19.3 Å². The summed E-state index contributed by atoms with van der Waals surface area (Å²) in [5.74, 6) is -0.434. The first-order valence-electron chi connectivity index (χ1n) is 6.54. The number of ether oxygens (including phenoxy) is 1. The highest BCUT2D eigenvalue weighted by Gasteiger charge is 2.22. The van der Waals surface area contributed by atoms with E-state index in [2.05, 4.69) is 20.4 Å². The smallest absolute Gasteiger partial charge is 0.331 e. The number of anilines is 1. The van der Waals surface area contributed by atoms with Gasteiger partial charge in [-0.05, 0) is 6.42 Å². The maximum atomic E-state index is 11.4. The van der Waals surface area contributed by atoms with Crippen molar-refractivity contribution in [3.63, 3.8) is 0 Å². The molecule has 2 heterocycles. The molecule has 0 saturated heterocycles. The van der Waals surface area contributed by atoms with Gasteiger partial charge in [-0.25, -0.2) is 9.78 Å². The molecule has 0 spiro atoms. The van der Waals surface area contributed by atoms with Crippen molar-refractivity contribution >= 4 is 11.9 Å². The largest absolute Gasteiger partial charge is 0.479 e. The maximum absolute atomic E-state index is 11.4. The van der Waals surface area contributed by atoms with Crippen LogP contribution in [0.4, 0.5) is 5.95 Å². The van der Waals surface area contributed by atoms with E-state index in [0.717, 1.165) is 6.42 Å². The topological polar surface area (TPSA) is 102 Å². The molecule has 0 fully saturated rings. The van der Waals surface area contributed by atoms with Gasteiger partial charge >= 0.3 is 5.97 Å². The zero-order valence-corrected chi connectivity index (χ0v) is 11.9. The van der Waals surface area contributed by atoms with Crippen LogP contribution in [0.2, 0.25) is 0 Å². The van der Waals surface area contributed by atoms with Gasteiger partial charge in [0.2, 0.25) is 11.8 Å². The lowest BCUT2D eigenvalue weighted by molar-refractivity contribution is -0.138. The van der Waals surface area contributed by atoms with Crippen molar-refractivity contribution in [1.82, 2.24) is 19.7 Å². The van der Waals surface area contributed by atoms with Crippen LogP contribution >= 0.6 is 0 Å². The number of hydrogen-bond acceptors (Lipinski definition) is 6. The first-order chi connectivity index (χ1) is 10.1. The number of nitrogens with one attached hydrogen (secondary N) is 1. The van der Waals surface area contributed by atoms with E-state index < -0.39 is 12.0 Å². The fourth-order valence-electron chi connectivity index (χ4n) is 1.70. The molecule has 1 unspecified atom stereocenters. The van der Waals surface area contributed by atoms with Crippen LogP contribution in [0.15, 0.2) is 24.7 Å². The lowest BCUT2D eigenvalue weighted by Gasteiger charge is -2.13. The van der Waals surface area contributed by atoms with E-state index >= 15 is 0 Å². The van der Waals surface area contributed by atoms with E-state index in [9.17, 15) is 9.90 Å². The average molecular weight is 291 g/mol. The van der Waals surface area contributed by atoms with Crippen LogP contribution in [0.3, 0.4) is 0 Å². The molecule has 2 rings (SSSR count). The van der Waals surface area contributed by atoms with Crippen molar-refractivity contribution in [1.29, 1.82) is 0 Å². The minimum atomic E-state index is -1.04. The Balaban J connectivity index is 2.15. The lowest BCUT2D eigenvalue weighted by Crippen LogP contribution is -2.21. The molecule has 0 amide bonds. The molecule has 2 aromatic rings. The summed E-state index contributed by atoms with van der Waals surface area (Å²) in [5.41, 5.74) is 0.522. The minimum Gasteiger partial charge on any atom is -0.479 e. The first kappa shape index (κ1) is 14.8. The molecular weight excluding hydrogens is 274 g/mol. The van der Waals surface area contributed by atoms with E-state index in [4.69, 9.17) is 4.74 Å². The van der Waals surface area contributed by atoms with Crippen LogP contribution in [-0.2, 0) is 11.8 Å². The number of rotatable bonds is 7. The van der Waals surface area contributed by atoms with Gasteiger partial charge in [0, 0.05) is 31.1 Å². The Labute approximate surface area is 121 Å². The lowest BCUT2D eigenvalue weighted by atomic mass is 10.1. The Hall–Kier alpha value is -2.64. The number of hydrogen-bond donors (Lipinski definition) is 2. The van der Waals surface area contributed by atoms with Gasteiger partial charge in [-0.1, -0.05) is 6.92 Å². The SMILES string of the molecule is CCCOc1ccnc(NC(C(=O)O)c2cnn(C)c2)n1. The highest BCUT2D eigenvalue weighted by molar-refractivity contribution is 5.78. The summed E-state index contributed by atoms with van der Waals surface area (Å²) in [6, 6.07) is 0.654. The van der Waals surface area contributed by atoms with Crippen molar-refractivity contribution in [2.45, 2.75) is 19.4 Å². The van der Waals surface area contributed by atoms with Crippen LogP contribution in [0.25, 0.3) is 0 Å². The van der Waals surface area contributed by atoms with Crippen LogP contribution in [0.1, 0.15) is 24.9 Å². The van der Waals surface area contributed by atoms with Crippen LogP contribution < -0.4 is 10.1 Å². The standard InChI is InChI=1S/C13H17N5O3/c1-3-6-21-10-4-5-14-13(16-10)17-11(12(19)20)9-7-15-18(2)8-9/h4-5,7-8,11H,3,6H2,1-2H3,(H,19,20)(H,14,16,17). The van der Waals surface area contributed by atoms with Gasteiger partial charge in [-0.15, -0.1) is 0 Å². The normalized spacial score (nSPS) is 11.9. The van der Waals surface area contributed by atoms with Crippen LogP contribution in [-0.4, -0.2) is 37.4 Å². The number of carbonyl (C=O) groups is 1. The molecule has 0 radical (unpaired) electrons. The fourth-order valence-corrected chi connectivity index (χ4v) is 1.70. The van der Waals surface area contributed by atoms with Crippen LogP contribution in [0.5, 0.6) is 5.88 Å². The number of aromatic nitrogens is 4. The molecule has 1 atom stereocenters. The van der Waals surface area contributed by atoms with Crippen molar-refractivity contribution in [2.75, 3.05) is 11.9 Å². The Kier molecular flexibility index (Phi) is 4.70. The van der Waals surface area contributed by atoms with Gasteiger partial charge in [0.1, 0.15) is 0 Å². The molecule has 2 N–H and O–H groups in total. The van der Waals surface area contributed by atoms with E-state index in [-0.39, 0.29) is 5.95 Å². The number of carboxylic acid groups (broad SMARTS) is 1. The average Bonchev–Trinajstić information content (AvgIpc) is 2.89. The van der Waals surface area contributed by atoms with E-state index in [0.29, 0.717) is 18.1 Å². The summed E-state index contributed by atoms with van der Waals surface area (Å²) in [6.45, 7) is 2.53. The summed E-state index contributed by atoms with van der Waals surface area (Å²) in [6.07, 6.45) is 5.50. The number of aryl methyl sites for hydroxylation is 1. The summed E-state index contributed by atoms with van der Waals surface area (Å²) in [7, 11) is 1.72. The van der Waals surface area contributed by atoms with Crippen molar-refractivity contribution in [2.24, 2.45) is 7.05 Å². The highest BCUT2D eigenvalue weighted by atomic mass is 16.5. The Morgan fingerprint density at radius 1 is 1.57 bits per heavy atom. The quantitative estimate of drug-likeness (QED) is 0.791. The molecule has 8 nitrogen and oxygen atoms in total. The highest BCUT2D eigenvalue weighted by Crippen LogP contribution is 2.18. The summed E-state index contributed by atoms with van der Waals surface area (Å²) < 4.78 is 6.93. The number of aliphatic carboxylic acids is 1. The number of carboxylic acids is 1. The molecule has 0 aliphatic carbocycles. The van der Waals surface area contributed by atoms with Gasteiger partial charge in [0.15, 0.2) is 6.04 Å². The molecule has 0 aliphatic rings. The van der Waals surface area contributed by atoms with Crippen molar-refractivity contribution in [3.05, 3.63) is 30.2 Å². The fraction of sp³-hybridized carbons (Fsp3) is 0.385. The van der Waals surface area contributed by atoms with Crippen molar-refractivity contribution in [3.8, 4) is 5.88 Å². The molecule has 0 aromatic carbocycles. The molecule has 0 bridgehead atoms. The first-order valence-corrected chi connectivity index (χ1v) is 6.54. The van der Waals surface area contributed by atoms with Crippen LogP contribution in [0, 0.1) is 0 Å². The van der Waals surface area contributed by atoms with Crippen molar-refractivity contribution < 1.29 is 14.6 Å². The van der Waals surface area contributed by atoms with Gasteiger partial charge in [0.05, 0.1) is 12.8 Å². The van der Waals surface area contributed by atoms with Gasteiger partial charge < -0.3 is 15.2 Å². The van der Waals surface area contributed by atoms with Gasteiger partial charge in [0.25, 0.3) is 0 Å².